The van der Waals surface area contributed by atoms with Gasteiger partial charge in [0.25, 0.3) is 5.91 Å². The highest BCUT2D eigenvalue weighted by atomic mass is 19.1. The molecular weight excluding hydrogens is 403 g/mol. The molecule has 1 saturated heterocycles. The number of benzene rings is 3. The SMILES string of the molecule is C[C@@H]1CN(C(=O)COc2ccc(-c3ccccc3)cc2)[C@@H](C)CN1Cc1ccc(F)cc1. The predicted molar refractivity (Wildman–Crippen MR) is 125 cm³/mol. The smallest absolute Gasteiger partial charge is 0.260 e. The van der Waals surface area contributed by atoms with Gasteiger partial charge in [-0.2, -0.15) is 0 Å². The molecule has 0 aliphatic carbocycles. The van der Waals surface area contributed by atoms with Gasteiger partial charge in [0.15, 0.2) is 6.61 Å². The first-order valence-corrected chi connectivity index (χ1v) is 11.1. The molecule has 0 spiro atoms. The van der Waals surface area contributed by atoms with E-state index in [9.17, 15) is 9.18 Å². The summed E-state index contributed by atoms with van der Waals surface area (Å²) in [6, 6.07) is 24.9. The number of nitrogens with zero attached hydrogens (tertiary/aromatic N) is 2. The Kier molecular flexibility index (Phi) is 6.86. The first-order chi connectivity index (χ1) is 15.5. The van der Waals surface area contributed by atoms with Gasteiger partial charge in [0, 0.05) is 31.7 Å². The summed E-state index contributed by atoms with van der Waals surface area (Å²) >= 11 is 0. The Morgan fingerprint density at radius 2 is 1.53 bits per heavy atom. The highest BCUT2D eigenvalue weighted by molar-refractivity contribution is 5.78. The van der Waals surface area contributed by atoms with Gasteiger partial charge in [-0.25, -0.2) is 4.39 Å². The molecule has 3 aromatic carbocycles. The first kappa shape index (κ1) is 22.0. The number of carbonyl (C=O) groups excluding carboxylic acids is 1. The van der Waals surface area contributed by atoms with Gasteiger partial charge in [-0.15, -0.1) is 0 Å². The van der Waals surface area contributed by atoms with Gasteiger partial charge >= 0.3 is 0 Å². The van der Waals surface area contributed by atoms with Crippen molar-refractivity contribution in [2.45, 2.75) is 32.5 Å². The van der Waals surface area contributed by atoms with Gasteiger partial charge in [-0.3, -0.25) is 9.69 Å². The summed E-state index contributed by atoms with van der Waals surface area (Å²) in [5.41, 5.74) is 3.34. The Morgan fingerprint density at radius 3 is 2.22 bits per heavy atom. The minimum absolute atomic E-state index is 0.00193. The number of rotatable bonds is 6. The summed E-state index contributed by atoms with van der Waals surface area (Å²) < 4.78 is 19.0. The van der Waals surface area contributed by atoms with Crippen LogP contribution in [-0.2, 0) is 11.3 Å². The van der Waals surface area contributed by atoms with E-state index in [0.29, 0.717) is 12.3 Å². The number of halogens is 1. The van der Waals surface area contributed by atoms with E-state index in [-0.39, 0.29) is 30.4 Å². The lowest BCUT2D eigenvalue weighted by Crippen LogP contribution is -2.58. The molecule has 0 bridgehead atoms. The van der Waals surface area contributed by atoms with Gasteiger partial charge in [-0.1, -0.05) is 54.6 Å². The van der Waals surface area contributed by atoms with Crippen molar-refractivity contribution >= 4 is 5.91 Å². The zero-order valence-electron chi connectivity index (χ0n) is 18.6. The van der Waals surface area contributed by atoms with E-state index in [1.54, 1.807) is 0 Å². The van der Waals surface area contributed by atoms with Crippen LogP contribution < -0.4 is 4.74 Å². The second kappa shape index (κ2) is 9.96. The van der Waals surface area contributed by atoms with Crippen molar-refractivity contribution in [1.29, 1.82) is 0 Å². The fourth-order valence-corrected chi connectivity index (χ4v) is 4.19. The number of hydrogen-bond donors (Lipinski definition) is 0. The summed E-state index contributed by atoms with van der Waals surface area (Å²) in [4.78, 5) is 17.1. The van der Waals surface area contributed by atoms with Crippen LogP contribution in [0.15, 0.2) is 78.9 Å². The third-order valence-electron chi connectivity index (χ3n) is 6.06. The summed E-state index contributed by atoms with van der Waals surface area (Å²) in [5.74, 6) is 0.465. The molecule has 1 amide bonds. The molecule has 0 saturated carbocycles. The zero-order chi connectivity index (χ0) is 22.5. The van der Waals surface area contributed by atoms with Crippen molar-refractivity contribution in [2.24, 2.45) is 0 Å². The molecule has 5 heteroatoms. The van der Waals surface area contributed by atoms with Crippen molar-refractivity contribution < 1.29 is 13.9 Å². The van der Waals surface area contributed by atoms with Crippen LogP contribution >= 0.6 is 0 Å². The summed E-state index contributed by atoms with van der Waals surface area (Å²) in [6.45, 7) is 6.39. The van der Waals surface area contributed by atoms with Crippen molar-refractivity contribution in [1.82, 2.24) is 9.80 Å². The Labute approximate surface area is 189 Å². The highest BCUT2D eigenvalue weighted by Crippen LogP contribution is 2.23. The van der Waals surface area contributed by atoms with Crippen molar-refractivity contribution in [2.75, 3.05) is 19.7 Å². The Balaban J connectivity index is 1.30. The van der Waals surface area contributed by atoms with Gasteiger partial charge in [-0.05, 0) is 54.8 Å². The van der Waals surface area contributed by atoms with Gasteiger partial charge < -0.3 is 9.64 Å². The lowest BCUT2D eigenvalue weighted by molar-refractivity contribution is -0.139. The van der Waals surface area contributed by atoms with Crippen molar-refractivity contribution in [3.05, 3.63) is 90.2 Å². The average molecular weight is 433 g/mol. The second-order valence-corrected chi connectivity index (χ2v) is 8.48. The molecule has 1 aliphatic rings. The third kappa shape index (κ3) is 5.35. The van der Waals surface area contributed by atoms with E-state index in [0.717, 1.165) is 29.8 Å². The van der Waals surface area contributed by atoms with Crippen molar-refractivity contribution in [3.8, 4) is 16.9 Å². The van der Waals surface area contributed by atoms with Crippen molar-refractivity contribution in [3.63, 3.8) is 0 Å². The number of piperazine rings is 1. The van der Waals surface area contributed by atoms with Crippen LogP contribution in [-0.4, -0.2) is 47.5 Å². The second-order valence-electron chi connectivity index (χ2n) is 8.48. The molecule has 4 rings (SSSR count). The number of amides is 1. The highest BCUT2D eigenvalue weighted by Gasteiger charge is 2.32. The molecule has 0 N–H and O–H groups in total. The predicted octanol–water partition coefficient (Wildman–Crippen LogP) is 4.99. The summed E-state index contributed by atoms with van der Waals surface area (Å²) in [7, 11) is 0. The van der Waals surface area contributed by atoms with E-state index in [2.05, 4.69) is 30.9 Å². The van der Waals surface area contributed by atoms with Crippen LogP contribution in [0.25, 0.3) is 11.1 Å². The van der Waals surface area contributed by atoms with Crippen LogP contribution in [0.5, 0.6) is 5.75 Å². The van der Waals surface area contributed by atoms with E-state index in [4.69, 9.17) is 4.74 Å². The average Bonchev–Trinajstić information content (AvgIpc) is 2.82. The lowest BCUT2D eigenvalue weighted by atomic mass is 10.1. The zero-order valence-corrected chi connectivity index (χ0v) is 18.6. The van der Waals surface area contributed by atoms with Gasteiger partial charge in [0.05, 0.1) is 0 Å². The maximum Gasteiger partial charge on any atom is 0.260 e. The molecule has 1 aliphatic heterocycles. The monoisotopic (exact) mass is 432 g/mol. The molecule has 1 fully saturated rings. The normalized spacial score (nSPS) is 19.0. The van der Waals surface area contributed by atoms with Crippen LogP contribution in [0.2, 0.25) is 0 Å². The molecule has 0 aromatic heterocycles. The summed E-state index contributed by atoms with van der Waals surface area (Å²) in [5, 5.41) is 0. The minimum atomic E-state index is -0.222. The Bertz CT molecular complexity index is 1020. The molecule has 2 atom stereocenters. The number of hydrogen-bond acceptors (Lipinski definition) is 3. The molecule has 3 aromatic rings. The fraction of sp³-hybridized carbons (Fsp3) is 0.296. The van der Waals surface area contributed by atoms with E-state index in [1.807, 2.05) is 59.5 Å². The van der Waals surface area contributed by atoms with Crippen LogP contribution in [0.3, 0.4) is 0 Å². The maximum absolute atomic E-state index is 13.2. The molecule has 0 unspecified atom stereocenters. The van der Waals surface area contributed by atoms with Crippen LogP contribution in [0.4, 0.5) is 4.39 Å². The lowest BCUT2D eigenvalue weighted by Gasteiger charge is -2.44. The molecule has 1 heterocycles. The quantitative estimate of drug-likeness (QED) is 0.550. The van der Waals surface area contributed by atoms with Gasteiger partial charge in [0.1, 0.15) is 11.6 Å². The topological polar surface area (TPSA) is 32.8 Å². The summed E-state index contributed by atoms with van der Waals surface area (Å²) in [6.07, 6.45) is 0. The van der Waals surface area contributed by atoms with E-state index in [1.165, 1.54) is 12.1 Å². The first-order valence-electron chi connectivity index (χ1n) is 11.1. The fourth-order valence-electron chi connectivity index (χ4n) is 4.19. The standard InChI is InChI=1S/C27H29FN2O2/c1-20-17-30(21(2)16-29(20)18-22-8-12-25(28)13-9-22)27(31)19-32-26-14-10-24(11-15-26)23-6-4-3-5-7-23/h3-15,20-21H,16-19H2,1-2H3/t20-,21+/m1/s1. The molecular formula is C27H29FN2O2. The Morgan fingerprint density at radius 1 is 0.875 bits per heavy atom. The molecule has 0 radical (unpaired) electrons. The van der Waals surface area contributed by atoms with E-state index < -0.39 is 0 Å². The number of ether oxygens (including phenoxy) is 1. The van der Waals surface area contributed by atoms with E-state index >= 15 is 0 Å². The van der Waals surface area contributed by atoms with Crippen LogP contribution in [0.1, 0.15) is 19.4 Å². The van der Waals surface area contributed by atoms with Gasteiger partial charge in [0.2, 0.25) is 0 Å². The largest absolute Gasteiger partial charge is 0.484 e. The van der Waals surface area contributed by atoms with Crippen LogP contribution in [0, 0.1) is 5.82 Å². The number of carbonyl (C=O) groups is 1. The molecule has 4 nitrogen and oxygen atoms in total. The maximum atomic E-state index is 13.2. The molecule has 166 valence electrons. The minimum Gasteiger partial charge on any atom is -0.484 e. The Hall–Kier alpha value is -3.18. The molecule has 32 heavy (non-hydrogen) atoms. The third-order valence-corrected chi connectivity index (χ3v) is 6.06.